The van der Waals surface area contributed by atoms with Crippen molar-refractivity contribution < 1.29 is 4.74 Å². The standard InChI is InChI=1S/C63H42N4O/c1-4-16-41(17-5-1)45-22-12-23-46(38-45)44-32-34-51(35-33-44)67-56-31-11-10-28-54(56)58-57(67)37-36-53-52-29-15-30-55(59(52)68-60(53)58)63-65-61(49-26-13-24-47(39-49)42-18-6-2-7-19-42)64-62(66-63)50-27-14-25-48(40-50)43-20-8-3-9-21-43/h1-40,53,60H. The fourth-order valence-electron chi connectivity index (χ4n) is 10.2. The lowest BCUT2D eigenvalue weighted by Crippen LogP contribution is -2.13. The smallest absolute Gasteiger partial charge is 0.167 e. The normalized spacial score (nSPS) is 14.5. The van der Waals surface area contributed by atoms with Crippen molar-refractivity contribution in [3.8, 4) is 90.1 Å². The Hall–Kier alpha value is -8.93. The average Bonchev–Trinajstić information content (AvgIpc) is 3.98. The predicted octanol–water partition coefficient (Wildman–Crippen LogP) is 15.7. The molecule has 5 nitrogen and oxygen atoms in total. The van der Waals surface area contributed by atoms with Gasteiger partial charge in [-0.05, 0) is 93.0 Å². The molecule has 5 heteroatoms. The largest absolute Gasteiger partial charge is 0.484 e. The third-order valence-electron chi connectivity index (χ3n) is 13.4. The molecule has 0 saturated carbocycles. The van der Waals surface area contributed by atoms with Crippen molar-refractivity contribution in [2.24, 2.45) is 0 Å². The van der Waals surface area contributed by atoms with E-state index in [4.69, 9.17) is 19.7 Å². The monoisotopic (exact) mass is 870 g/mol. The number of hydrogen-bond donors (Lipinski definition) is 0. The van der Waals surface area contributed by atoms with E-state index >= 15 is 0 Å². The highest BCUT2D eigenvalue weighted by atomic mass is 16.5. The molecule has 0 spiro atoms. The molecule has 320 valence electrons. The minimum Gasteiger partial charge on any atom is -0.484 e. The Morgan fingerprint density at radius 3 is 1.41 bits per heavy atom. The summed E-state index contributed by atoms with van der Waals surface area (Å²) in [5.74, 6) is 2.57. The topological polar surface area (TPSA) is 52.8 Å². The molecule has 0 amide bonds. The lowest BCUT2D eigenvalue weighted by Gasteiger charge is -2.22. The number of benzene rings is 9. The number of rotatable bonds is 8. The van der Waals surface area contributed by atoms with E-state index in [9.17, 15) is 0 Å². The van der Waals surface area contributed by atoms with Crippen LogP contribution in [0.4, 0.5) is 0 Å². The summed E-state index contributed by atoms with van der Waals surface area (Å²) in [6.07, 6.45) is 4.36. The van der Waals surface area contributed by atoms with Crippen molar-refractivity contribution in [1.29, 1.82) is 0 Å². The molecule has 0 fully saturated rings. The molecule has 2 unspecified atom stereocenters. The van der Waals surface area contributed by atoms with Gasteiger partial charge in [0.1, 0.15) is 11.9 Å². The van der Waals surface area contributed by atoms with E-state index in [2.05, 4.69) is 235 Å². The summed E-state index contributed by atoms with van der Waals surface area (Å²) in [5.41, 5.74) is 17.6. The van der Waals surface area contributed by atoms with Crippen molar-refractivity contribution in [2.75, 3.05) is 0 Å². The molecule has 0 bridgehead atoms. The van der Waals surface area contributed by atoms with Crippen LogP contribution in [-0.2, 0) is 0 Å². The molecule has 2 atom stereocenters. The van der Waals surface area contributed by atoms with Gasteiger partial charge in [0, 0.05) is 39.2 Å². The highest BCUT2D eigenvalue weighted by molar-refractivity contribution is 5.92. The van der Waals surface area contributed by atoms with Crippen LogP contribution < -0.4 is 4.74 Å². The first-order valence-corrected chi connectivity index (χ1v) is 23.2. The van der Waals surface area contributed by atoms with Gasteiger partial charge >= 0.3 is 0 Å². The Balaban J connectivity index is 0.897. The van der Waals surface area contributed by atoms with Crippen LogP contribution in [0.2, 0.25) is 0 Å². The molecule has 2 aromatic heterocycles. The lowest BCUT2D eigenvalue weighted by atomic mass is 9.85. The molecule has 68 heavy (non-hydrogen) atoms. The molecule has 1 aliphatic carbocycles. The van der Waals surface area contributed by atoms with Gasteiger partial charge in [0.2, 0.25) is 0 Å². The van der Waals surface area contributed by atoms with E-state index < -0.39 is 0 Å². The summed E-state index contributed by atoms with van der Waals surface area (Å²) < 4.78 is 9.67. The number of aromatic nitrogens is 4. The first-order chi connectivity index (χ1) is 33.7. The average molecular weight is 871 g/mol. The molecule has 11 aromatic rings. The number of para-hydroxylation sites is 2. The Morgan fingerprint density at radius 1 is 0.382 bits per heavy atom. The Bertz CT molecular complexity index is 3610. The third-order valence-corrected chi connectivity index (χ3v) is 13.4. The van der Waals surface area contributed by atoms with Crippen molar-refractivity contribution in [3.05, 3.63) is 253 Å². The van der Waals surface area contributed by atoms with Crippen LogP contribution in [0.3, 0.4) is 0 Å². The van der Waals surface area contributed by atoms with Gasteiger partial charge in [0.05, 0.1) is 16.8 Å². The molecular formula is C63H42N4O. The maximum absolute atomic E-state index is 7.28. The molecule has 2 aliphatic rings. The van der Waals surface area contributed by atoms with E-state index in [1.807, 2.05) is 12.1 Å². The van der Waals surface area contributed by atoms with Crippen LogP contribution >= 0.6 is 0 Å². The molecule has 1 aliphatic heterocycles. The number of hydrogen-bond acceptors (Lipinski definition) is 4. The highest BCUT2D eigenvalue weighted by Crippen LogP contribution is 2.55. The maximum Gasteiger partial charge on any atom is 0.167 e. The molecule has 0 saturated heterocycles. The van der Waals surface area contributed by atoms with Crippen LogP contribution in [0.15, 0.2) is 237 Å². The summed E-state index contributed by atoms with van der Waals surface area (Å²) in [6.45, 7) is 0. The van der Waals surface area contributed by atoms with E-state index in [0.717, 1.165) is 67.2 Å². The molecule has 0 N–H and O–H groups in total. The Kier molecular flexibility index (Phi) is 9.57. The molecule has 3 heterocycles. The minimum atomic E-state index is -0.247. The predicted molar refractivity (Wildman–Crippen MR) is 276 cm³/mol. The number of ether oxygens (including phenoxy) is 1. The van der Waals surface area contributed by atoms with Gasteiger partial charge in [-0.3, -0.25) is 0 Å². The van der Waals surface area contributed by atoms with Gasteiger partial charge < -0.3 is 9.30 Å². The zero-order valence-corrected chi connectivity index (χ0v) is 36.9. The van der Waals surface area contributed by atoms with Gasteiger partial charge in [-0.15, -0.1) is 0 Å². The quantitative estimate of drug-likeness (QED) is 0.153. The van der Waals surface area contributed by atoms with Crippen LogP contribution in [0, 0.1) is 0 Å². The zero-order chi connectivity index (χ0) is 45.0. The van der Waals surface area contributed by atoms with Gasteiger partial charge in [-0.1, -0.05) is 194 Å². The number of nitrogens with zero attached hydrogens (tertiary/aromatic N) is 4. The van der Waals surface area contributed by atoms with Crippen molar-refractivity contribution >= 4 is 17.0 Å². The van der Waals surface area contributed by atoms with E-state index in [1.165, 1.54) is 33.2 Å². The van der Waals surface area contributed by atoms with Crippen LogP contribution in [0.25, 0.3) is 101 Å². The van der Waals surface area contributed by atoms with Gasteiger partial charge in [0.15, 0.2) is 17.5 Å². The maximum atomic E-state index is 7.28. The third kappa shape index (κ3) is 6.92. The van der Waals surface area contributed by atoms with E-state index in [0.29, 0.717) is 17.5 Å². The SMILES string of the molecule is C1=CC2c3cccc(-c4nc(-c5cccc(-c6ccccc6)c5)nc(-c5cccc(-c6ccccc6)c5)n4)c3OC2c2c1n(-c1ccc(-c3cccc(-c4ccccc4)c3)cc1)c1ccccc21. The van der Waals surface area contributed by atoms with Crippen LogP contribution in [0.5, 0.6) is 5.75 Å². The summed E-state index contributed by atoms with van der Waals surface area (Å²) in [6, 6.07) is 81.1. The molecule has 13 rings (SSSR count). The fourth-order valence-corrected chi connectivity index (χ4v) is 10.2. The van der Waals surface area contributed by atoms with Gasteiger partial charge in [-0.25, -0.2) is 15.0 Å². The second-order valence-electron chi connectivity index (χ2n) is 17.5. The van der Waals surface area contributed by atoms with Gasteiger partial charge in [0.25, 0.3) is 0 Å². The fraction of sp³-hybridized carbons (Fsp3) is 0.0317. The Morgan fingerprint density at radius 2 is 0.838 bits per heavy atom. The molecule has 0 radical (unpaired) electrons. The first kappa shape index (κ1) is 39.4. The second-order valence-corrected chi connectivity index (χ2v) is 17.5. The van der Waals surface area contributed by atoms with Crippen LogP contribution in [0.1, 0.15) is 28.8 Å². The van der Waals surface area contributed by atoms with Crippen molar-refractivity contribution in [2.45, 2.75) is 12.0 Å². The molecular weight excluding hydrogens is 829 g/mol. The second kappa shape index (κ2) is 16.5. The summed E-state index contributed by atoms with van der Waals surface area (Å²) in [7, 11) is 0. The molecule has 9 aromatic carbocycles. The van der Waals surface area contributed by atoms with Crippen molar-refractivity contribution in [3.63, 3.8) is 0 Å². The zero-order valence-electron chi connectivity index (χ0n) is 36.9. The highest BCUT2D eigenvalue weighted by Gasteiger charge is 2.41. The Labute approximate surface area is 395 Å². The number of fused-ring (bicyclic) bond motifs is 7. The first-order valence-electron chi connectivity index (χ1n) is 23.2. The van der Waals surface area contributed by atoms with Crippen LogP contribution in [-0.4, -0.2) is 19.5 Å². The lowest BCUT2D eigenvalue weighted by molar-refractivity contribution is 0.225. The summed E-state index contributed by atoms with van der Waals surface area (Å²) in [4.78, 5) is 15.7. The van der Waals surface area contributed by atoms with E-state index in [1.54, 1.807) is 0 Å². The van der Waals surface area contributed by atoms with E-state index in [-0.39, 0.29) is 12.0 Å². The van der Waals surface area contributed by atoms with Crippen molar-refractivity contribution in [1.82, 2.24) is 19.5 Å². The minimum absolute atomic E-state index is 0.00172. The van der Waals surface area contributed by atoms with Gasteiger partial charge in [-0.2, -0.15) is 0 Å². The summed E-state index contributed by atoms with van der Waals surface area (Å²) in [5, 5.41) is 1.18. The summed E-state index contributed by atoms with van der Waals surface area (Å²) >= 11 is 0.